The number of amides is 1. The first-order valence-electron chi connectivity index (χ1n) is 8.61. The number of benzene rings is 2. The lowest BCUT2D eigenvalue weighted by atomic mass is 10.1. The van der Waals surface area contributed by atoms with Gasteiger partial charge in [-0.1, -0.05) is 42.5 Å². The summed E-state index contributed by atoms with van der Waals surface area (Å²) in [6.07, 6.45) is 1.62. The second-order valence-corrected chi connectivity index (χ2v) is 5.72. The molecule has 0 radical (unpaired) electrons. The Kier molecular flexibility index (Phi) is 6.06. The third-order valence-electron chi connectivity index (χ3n) is 3.90. The van der Waals surface area contributed by atoms with Gasteiger partial charge in [0.15, 0.2) is 0 Å². The lowest BCUT2D eigenvalue weighted by Crippen LogP contribution is -2.32. The maximum absolute atomic E-state index is 13.0. The molecule has 0 bridgehead atoms. The van der Waals surface area contributed by atoms with Crippen LogP contribution < -0.4 is 15.4 Å². The summed E-state index contributed by atoms with van der Waals surface area (Å²) < 4.78 is 10.9. The summed E-state index contributed by atoms with van der Waals surface area (Å²) in [6, 6.07) is 20.2. The summed E-state index contributed by atoms with van der Waals surface area (Å²) in [4.78, 5) is 13.0. The highest BCUT2D eigenvalue weighted by atomic mass is 16.5. The first-order chi connectivity index (χ1) is 12.8. The Morgan fingerprint density at radius 1 is 1.04 bits per heavy atom. The van der Waals surface area contributed by atoms with Gasteiger partial charge in [-0.25, -0.2) is 0 Å². The average Bonchev–Trinajstić information content (AvgIpc) is 3.18. The van der Waals surface area contributed by atoms with Gasteiger partial charge in [-0.15, -0.1) is 0 Å². The third-order valence-corrected chi connectivity index (χ3v) is 3.90. The van der Waals surface area contributed by atoms with Gasteiger partial charge in [0.2, 0.25) is 5.91 Å². The molecule has 2 N–H and O–H groups in total. The molecule has 0 spiro atoms. The molecule has 134 valence electrons. The number of carbonyl (C=O) groups is 1. The van der Waals surface area contributed by atoms with Crippen LogP contribution in [0.5, 0.6) is 5.75 Å². The van der Waals surface area contributed by atoms with Gasteiger partial charge in [0.1, 0.15) is 17.6 Å². The molecule has 3 aromatic rings. The van der Waals surface area contributed by atoms with Crippen molar-refractivity contribution in [1.29, 1.82) is 0 Å². The second kappa shape index (κ2) is 8.87. The Morgan fingerprint density at radius 2 is 1.81 bits per heavy atom. The van der Waals surface area contributed by atoms with E-state index >= 15 is 0 Å². The summed E-state index contributed by atoms with van der Waals surface area (Å²) in [6.45, 7) is 2.90. The van der Waals surface area contributed by atoms with Crippen LogP contribution >= 0.6 is 0 Å². The summed E-state index contributed by atoms with van der Waals surface area (Å²) in [5.41, 5.74) is 1.53. The quantitative estimate of drug-likeness (QED) is 0.641. The molecule has 2 aromatic carbocycles. The lowest BCUT2D eigenvalue weighted by molar-refractivity contribution is -0.118. The standard InChI is InChI=1S/C21H22N2O3/c1-2-25-19-13-7-6-12-18(19)23-21(24)20(16-9-4-3-5-10-16)22-15-17-11-8-14-26-17/h3-14,20,22H,2,15H2,1H3,(H,23,24)/t20-/m1/s1. The zero-order valence-electron chi connectivity index (χ0n) is 14.6. The molecule has 0 aliphatic rings. The number of rotatable bonds is 8. The molecule has 1 aromatic heterocycles. The van der Waals surface area contributed by atoms with E-state index in [0.29, 0.717) is 24.6 Å². The lowest BCUT2D eigenvalue weighted by Gasteiger charge is -2.19. The smallest absolute Gasteiger partial charge is 0.246 e. The van der Waals surface area contributed by atoms with E-state index in [-0.39, 0.29) is 5.91 Å². The largest absolute Gasteiger partial charge is 0.492 e. The maximum atomic E-state index is 13.0. The first-order valence-corrected chi connectivity index (χ1v) is 8.61. The van der Waals surface area contributed by atoms with E-state index < -0.39 is 6.04 Å². The normalized spacial score (nSPS) is 11.7. The zero-order chi connectivity index (χ0) is 18.2. The molecule has 1 amide bonds. The maximum Gasteiger partial charge on any atom is 0.246 e. The zero-order valence-corrected chi connectivity index (χ0v) is 14.6. The molecule has 5 heteroatoms. The number of furan rings is 1. The highest BCUT2D eigenvalue weighted by Crippen LogP contribution is 2.25. The van der Waals surface area contributed by atoms with Gasteiger partial charge in [0.05, 0.1) is 25.1 Å². The molecule has 1 atom stereocenters. The van der Waals surface area contributed by atoms with Gasteiger partial charge in [0, 0.05) is 0 Å². The Labute approximate surface area is 153 Å². The van der Waals surface area contributed by atoms with Crippen LogP contribution in [0.25, 0.3) is 0 Å². The number of anilines is 1. The summed E-state index contributed by atoms with van der Waals surface area (Å²) in [5, 5.41) is 6.23. The molecule has 5 nitrogen and oxygen atoms in total. The highest BCUT2D eigenvalue weighted by Gasteiger charge is 2.21. The molecule has 0 fully saturated rings. The molecule has 26 heavy (non-hydrogen) atoms. The first kappa shape index (κ1) is 17.8. The molecular formula is C21H22N2O3. The van der Waals surface area contributed by atoms with E-state index in [4.69, 9.17) is 9.15 Å². The van der Waals surface area contributed by atoms with E-state index in [0.717, 1.165) is 11.3 Å². The SMILES string of the molecule is CCOc1ccccc1NC(=O)[C@H](NCc1ccco1)c1ccccc1. The van der Waals surface area contributed by atoms with Crippen molar-refractivity contribution in [2.45, 2.75) is 19.5 Å². The summed E-state index contributed by atoms with van der Waals surface area (Å²) in [5.74, 6) is 1.27. The number of carbonyl (C=O) groups excluding carboxylic acids is 1. The Hall–Kier alpha value is -3.05. The Morgan fingerprint density at radius 3 is 2.54 bits per heavy atom. The number of ether oxygens (including phenoxy) is 1. The van der Waals surface area contributed by atoms with Crippen molar-refractivity contribution in [2.24, 2.45) is 0 Å². The van der Waals surface area contributed by atoms with Crippen LogP contribution in [0, 0.1) is 0 Å². The van der Waals surface area contributed by atoms with Gasteiger partial charge in [0.25, 0.3) is 0 Å². The van der Waals surface area contributed by atoms with Crippen molar-refractivity contribution in [2.75, 3.05) is 11.9 Å². The molecule has 0 aliphatic heterocycles. The fourth-order valence-electron chi connectivity index (χ4n) is 2.68. The third kappa shape index (κ3) is 4.52. The molecule has 0 saturated heterocycles. The average molecular weight is 350 g/mol. The monoisotopic (exact) mass is 350 g/mol. The van der Waals surface area contributed by atoms with Crippen LogP contribution in [0.1, 0.15) is 24.3 Å². The highest BCUT2D eigenvalue weighted by molar-refractivity contribution is 5.96. The minimum atomic E-state index is -0.518. The van der Waals surface area contributed by atoms with Crippen LogP contribution in [-0.4, -0.2) is 12.5 Å². The minimum Gasteiger partial charge on any atom is -0.492 e. The minimum absolute atomic E-state index is 0.157. The van der Waals surface area contributed by atoms with Crippen molar-refractivity contribution in [3.63, 3.8) is 0 Å². The number of hydrogen-bond donors (Lipinski definition) is 2. The number of nitrogens with one attached hydrogen (secondary N) is 2. The number of hydrogen-bond acceptors (Lipinski definition) is 4. The molecule has 0 unspecified atom stereocenters. The van der Waals surface area contributed by atoms with Crippen LogP contribution in [0.4, 0.5) is 5.69 Å². The predicted octanol–water partition coefficient (Wildman–Crippen LogP) is 4.15. The van der Waals surface area contributed by atoms with Crippen molar-refractivity contribution >= 4 is 11.6 Å². The van der Waals surface area contributed by atoms with Crippen molar-refractivity contribution in [3.8, 4) is 5.75 Å². The Balaban J connectivity index is 1.78. The van der Waals surface area contributed by atoms with E-state index in [1.807, 2.05) is 73.7 Å². The molecule has 1 heterocycles. The summed E-state index contributed by atoms with van der Waals surface area (Å²) >= 11 is 0. The van der Waals surface area contributed by atoms with E-state index in [9.17, 15) is 4.79 Å². The van der Waals surface area contributed by atoms with Crippen molar-refractivity contribution in [1.82, 2.24) is 5.32 Å². The predicted molar refractivity (Wildman–Crippen MR) is 101 cm³/mol. The molecular weight excluding hydrogens is 328 g/mol. The molecule has 3 rings (SSSR count). The van der Waals surface area contributed by atoms with E-state index in [1.54, 1.807) is 6.26 Å². The van der Waals surface area contributed by atoms with E-state index in [2.05, 4.69) is 10.6 Å². The topological polar surface area (TPSA) is 63.5 Å². The fraction of sp³-hybridized carbons (Fsp3) is 0.190. The molecule has 0 saturated carbocycles. The summed E-state index contributed by atoms with van der Waals surface area (Å²) in [7, 11) is 0. The molecule has 0 aliphatic carbocycles. The fourth-order valence-corrected chi connectivity index (χ4v) is 2.68. The van der Waals surface area contributed by atoms with Gasteiger partial charge in [-0.05, 0) is 36.8 Å². The van der Waals surface area contributed by atoms with Gasteiger partial charge in [-0.3, -0.25) is 10.1 Å². The second-order valence-electron chi connectivity index (χ2n) is 5.72. The van der Waals surface area contributed by atoms with Crippen molar-refractivity contribution < 1.29 is 13.9 Å². The van der Waals surface area contributed by atoms with E-state index in [1.165, 1.54) is 0 Å². The van der Waals surface area contributed by atoms with Gasteiger partial charge >= 0.3 is 0 Å². The van der Waals surface area contributed by atoms with Crippen LogP contribution in [0.3, 0.4) is 0 Å². The van der Waals surface area contributed by atoms with Crippen LogP contribution in [0.2, 0.25) is 0 Å². The van der Waals surface area contributed by atoms with Crippen LogP contribution in [-0.2, 0) is 11.3 Å². The number of para-hydroxylation sites is 2. The Bertz CT molecular complexity index is 816. The van der Waals surface area contributed by atoms with Crippen LogP contribution in [0.15, 0.2) is 77.4 Å². The van der Waals surface area contributed by atoms with Crippen molar-refractivity contribution in [3.05, 3.63) is 84.3 Å². The van der Waals surface area contributed by atoms with Gasteiger partial charge < -0.3 is 14.5 Å². The van der Waals surface area contributed by atoms with Gasteiger partial charge in [-0.2, -0.15) is 0 Å².